The molecule has 41 heavy (non-hydrogen) atoms. The van der Waals surface area contributed by atoms with Gasteiger partial charge in [-0.2, -0.15) is 0 Å². The first-order chi connectivity index (χ1) is 20.0. The van der Waals surface area contributed by atoms with Crippen LogP contribution in [0.25, 0.3) is 11.3 Å². The molecule has 3 aliphatic rings. The van der Waals surface area contributed by atoms with E-state index in [2.05, 4.69) is 53.3 Å². The average Bonchev–Trinajstić information content (AvgIpc) is 3.69. The zero-order valence-corrected chi connectivity index (χ0v) is 25.0. The van der Waals surface area contributed by atoms with Gasteiger partial charge in [0.25, 0.3) is 0 Å². The third-order valence-electron chi connectivity index (χ3n) is 9.15. The molecule has 2 aromatic carbocycles. The molecule has 2 atom stereocenters. The van der Waals surface area contributed by atoms with E-state index in [9.17, 15) is 9.90 Å². The van der Waals surface area contributed by atoms with Gasteiger partial charge in [-0.25, -0.2) is 4.98 Å². The number of ether oxygens (including phenoxy) is 2. The number of piperidine rings is 1. The Morgan fingerprint density at radius 1 is 1.20 bits per heavy atom. The number of hydrogen-bond donors (Lipinski definition) is 1. The minimum Gasteiger partial charge on any atom is -0.488 e. The normalized spacial score (nSPS) is 21.2. The fourth-order valence-electron chi connectivity index (χ4n) is 6.55. The number of benzene rings is 2. The molecule has 0 aliphatic carbocycles. The van der Waals surface area contributed by atoms with E-state index in [0.29, 0.717) is 13.2 Å². The highest BCUT2D eigenvalue weighted by Gasteiger charge is 2.27. The van der Waals surface area contributed by atoms with Crippen molar-refractivity contribution < 1.29 is 19.4 Å². The maximum Gasteiger partial charge on any atom is 0.308 e. The summed E-state index contributed by atoms with van der Waals surface area (Å²) in [5.41, 5.74) is 8.49. The molecule has 1 aromatic heterocycles. The Morgan fingerprint density at radius 3 is 2.93 bits per heavy atom. The summed E-state index contributed by atoms with van der Waals surface area (Å²) in [6.45, 7) is 11.4. The molecule has 1 N–H and O–H groups in total. The number of para-hydroxylation sites is 1. The molecule has 2 saturated heterocycles. The number of carboxylic acid groups (broad SMARTS) is 1. The minimum absolute atomic E-state index is 0.330. The van der Waals surface area contributed by atoms with E-state index in [1.54, 1.807) is 11.3 Å². The third-order valence-corrected chi connectivity index (χ3v) is 10.1. The van der Waals surface area contributed by atoms with Crippen molar-refractivity contribution >= 4 is 22.4 Å². The van der Waals surface area contributed by atoms with Gasteiger partial charge in [0.15, 0.2) is 5.13 Å². The van der Waals surface area contributed by atoms with E-state index < -0.39 is 5.97 Å². The lowest BCUT2D eigenvalue weighted by molar-refractivity contribution is -0.141. The second-order valence-electron chi connectivity index (χ2n) is 11.9. The predicted octanol–water partition coefficient (Wildman–Crippen LogP) is 6.09. The number of hydrogen-bond acceptors (Lipinski definition) is 7. The van der Waals surface area contributed by atoms with Crippen molar-refractivity contribution in [1.29, 1.82) is 0 Å². The van der Waals surface area contributed by atoms with Gasteiger partial charge in [-0.05, 0) is 92.3 Å². The van der Waals surface area contributed by atoms with E-state index >= 15 is 0 Å². The van der Waals surface area contributed by atoms with Crippen LogP contribution in [0.4, 0.5) is 5.13 Å². The monoisotopic (exact) mass is 575 g/mol. The lowest BCUT2D eigenvalue weighted by Crippen LogP contribution is -2.38. The van der Waals surface area contributed by atoms with Crippen molar-refractivity contribution in [2.75, 3.05) is 44.3 Å². The van der Waals surface area contributed by atoms with Crippen LogP contribution < -0.4 is 9.64 Å². The minimum atomic E-state index is -0.717. The number of rotatable bonds is 9. The fourth-order valence-corrected chi connectivity index (χ4v) is 7.41. The van der Waals surface area contributed by atoms with Gasteiger partial charge in [-0.15, -0.1) is 11.3 Å². The average molecular weight is 576 g/mol. The maximum absolute atomic E-state index is 11.6. The molecule has 4 heterocycles. The van der Waals surface area contributed by atoms with Gasteiger partial charge in [0, 0.05) is 50.3 Å². The molecule has 218 valence electrons. The van der Waals surface area contributed by atoms with Crippen molar-refractivity contribution in [3.63, 3.8) is 0 Å². The van der Waals surface area contributed by atoms with Crippen LogP contribution in [0.2, 0.25) is 0 Å². The summed E-state index contributed by atoms with van der Waals surface area (Å²) >= 11 is 1.58. The molecule has 8 heteroatoms. The second-order valence-corrected chi connectivity index (χ2v) is 12.7. The summed E-state index contributed by atoms with van der Waals surface area (Å²) in [5, 5.41) is 12.4. The number of anilines is 1. The van der Waals surface area contributed by atoms with Gasteiger partial charge in [0.1, 0.15) is 12.4 Å². The molecule has 0 amide bonds. The Bertz CT molecular complexity index is 1380. The molecule has 0 radical (unpaired) electrons. The largest absolute Gasteiger partial charge is 0.488 e. The second kappa shape index (κ2) is 12.5. The SMILES string of the molecule is Cc1cccc(-c2csc(N3CCC[C@H](C(=O)O)C3)n2)c1OCc1ccc2c(c1C)CCN(CCC1CCOC1)C2. The zero-order chi connectivity index (χ0) is 28.3. The number of aliphatic carboxylic acids is 1. The van der Waals surface area contributed by atoms with Crippen LogP contribution >= 0.6 is 11.3 Å². The number of carbonyl (C=O) groups is 1. The first-order valence-electron chi connectivity index (χ1n) is 15.0. The van der Waals surface area contributed by atoms with Crippen molar-refractivity contribution in [3.8, 4) is 17.0 Å². The number of fused-ring (bicyclic) bond motifs is 1. The Morgan fingerprint density at radius 2 is 2.10 bits per heavy atom. The quantitative estimate of drug-likeness (QED) is 0.331. The van der Waals surface area contributed by atoms with Crippen LogP contribution in [0.15, 0.2) is 35.7 Å². The van der Waals surface area contributed by atoms with Crippen molar-refractivity contribution in [2.45, 2.75) is 59.1 Å². The van der Waals surface area contributed by atoms with Gasteiger partial charge in [-0.3, -0.25) is 9.69 Å². The summed E-state index contributed by atoms with van der Waals surface area (Å²) in [6, 6.07) is 10.8. The highest BCUT2D eigenvalue weighted by Crippen LogP contribution is 2.37. The van der Waals surface area contributed by atoms with Gasteiger partial charge >= 0.3 is 5.97 Å². The molecule has 0 bridgehead atoms. The summed E-state index contributed by atoms with van der Waals surface area (Å²) in [7, 11) is 0. The molecule has 0 spiro atoms. The van der Waals surface area contributed by atoms with Crippen molar-refractivity contribution in [3.05, 3.63) is 63.5 Å². The summed E-state index contributed by atoms with van der Waals surface area (Å²) in [6.07, 6.45) is 5.15. The van der Waals surface area contributed by atoms with Crippen LogP contribution in [0.1, 0.15) is 53.5 Å². The molecule has 6 rings (SSSR count). The van der Waals surface area contributed by atoms with Gasteiger partial charge < -0.3 is 19.5 Å². The lowest BCUT2D eigenvalue weighted by Gasteiger charge is -2.31. The number of thiazole rings is 1. The van der Waals surface area contributed by atoms with Crippen LogP contribution in [0.3, 0.4) is 0 Å². The number of aryl methyl sites for hydroxylation is 1. The van der Waals surface area contributed by atoms with Crippen LogP contribution in [0, 0.1) is 25.7 Å². The Kier molecular flexibility index (Phi) is 8.60. The van der Waals surface area contributed by atoms with E-state index in [1.165, 1.54) is 35.1 Å². The van der Waals surface area contributed by atoms with E-state index in [1.807, 2.05) is 6.07 Å². The zero-order valence-electron chi connectivity index (χ0n) is 24.2. The molecule has 3 aliphatic heterocycles. The summed E-state index contributed by atoms with van der Waals surface area (Å²) < 4.78 is 12.1. The molecule has 0 saturated carbocycles. The Hall–Kier alpha value is -2.94. The summed E-state index contributed by atoms with van der Waals surface area (Å²) in [5.74, 6) is 0.550. The highest BCUT2D eigenvalue weighted by atomic mass is 32.1. The standard InChI is InChI=1S/C33H41N3O4S/c1-22-5-3-7-29(30-21-41-33(34-30)36-13-4-6-26(18-36)32(37)38)31(22)40-20-27-9-8-25-17-35(15-11-28(25)23(27)2)14-10-24-12-16-39-19-24/h3,5,7-9,21,24,26H,4,6,10-20H2,1-2H3,(H,37,38)/t24?,26-/m0/s1. The molecular weight excluding hydrogens is 534 g/mol. The third kappa shape index (κ3) is 6.30. The van der Waals surface area contributed by atoms with Crippen molar-refractivity contribution in [1.82, 2.24) is 9.88 Å². The first-order valence-corrected chi connectivity index (χ1v) is 15.9. The van der Waals surface area contributed by atoms with Crippen molar-refractivity contribution in [2.24, 2.45) is 11.8 Å². The molecular formula is C33H41N3O4S. The number of nitrogens with zero attached hydrogens (tertiary/aromatic N) is 3. The van der Waals surface area contributed by atoms with Gasteiger partial charge in [0.2, 0.25) is 0 Å². The van der Waals surface area contributed by atoms with Gasteiger partial charge in [-0.1, -0.05) is 24.3 Å². The van der Waals surface area contributed by atoms with Crippen LogP contribution in [-0.4, -0.2) is 60.4 Å². The first kappa shape index (κ1) is 28.2. The fraction of sp³-hybridized carbons (Fsp3) is 0.515. The number of carboxylic acids is 1. The maximum atomic E-state index is 11.6. The lowest BCUT2D eigenvalue weighted by atomic mass is 9.91. The highest BCUT2D eigenvalue weighted by molar-refractivity contribution is 7.14. The molecule has 3 aromatic rings. The Labute approximate surface area is 247 Å². The van der Waals surface area contributed by atoms with Crippen LogP contribution in [-0.2, 0) is 29.1 Å². The van der Waals surface area contributed by atoms with E-state index in [-0.39, 0.29) is 5.92 Å². The molecule has 2 fully saturated rings. The topological polar surface area (TPSA) is 75.1 Å². The predicted molar refractivity (Wildman–Crippen MR) is 163 cm³/mol. The summed E-state index contributed by atoms with van der Waals surface area (Å²) in [4.78, 5) is 21.2. The van der Waals surface area contributed by atoms with E-state index in [4.69, 9.17) is 14.5 Å². The molecule has 1 unspecified atom stereocenters. The number of aromatic nitrogens is 1. The smallest absolute Gasteiger partial charge is 0.308 e. The molecule has 7 nitrogen and oxygen atoms in total. The van der Waals surface area contributed by atoms with Gasteiger partial charge in [0.05, 0.1) is 11.6 Å². The Balaban J connectivity index is 1.13. The van der Waals surface area contributed by atoms with E-state index in [0.717, 1.165) is 92.3 Å². The van der Waals surface area contributed by atoms with Crippen LogP contribution in [0.5, 0.6) is 5.75 Å².